The number of rotatable bonds is 5. The Morgan fingerprint density at radius 3 is 2.57 bits per heavy atom. The molecule has 7 heteroatoms. The van der Waals surface area contributed by atoms with Crippen molar-refractivity contribution in [2.24, 2.45) is 11.1 Å². The molecule has 3 heterocycles. The highest BCUT2D eigenvalue weighted by molar-refractivity contribution is 6.30. The predicted molar refractivity (Wildman–Crippen MR) is 111 cm³/mol. The zero-order chi connectivity index (χ0) is 20.7. The van der Waals surface area contributed by atoms with Crippen LogP contribution >= 0.6 is 11.6 Å². The van der Waals surface area contributed by atoms with Gasteiger partial charge in [0.05, 0.1) is 18.2 Å². The third-order valence-corrected chi connectivity index (χ3v) is 5.87. The summed E-state index contributed by atoms with van der Waals surface area (Å²) in [6, 6.07) is 17.6. The lowest BCUT2D eigenvalue weighted by atomic mass is 9.89. The summed E-state index contributed by atoms with van der Waals surface area (Å²) in [4.78, 5) is 5.48. The molecule has 0 bridgehead atoms. The van der Waals surface area contributed by atoms with Gasteiger partial charge in [0.2, 0.25) is 0 Å². The van der Waals surface area contributed by atoms with E-state index in [1.54, 1.807) is 0 Å². The zero-order valence-corrected chi connectivity index (χ0v) is 17.6. The van der Waals surface area contributed by atoms with Crippen LogP contribution in [0.25, 0.3) is 0 Å². The Morgan fingerprint density at radius 2 is 1.80 bits per heavy atom. The van der Waals surface area contributed by atoms with E-state index >= 15 is 0 Å². The summed E-state index contributed by atoms with van der Waals surface area (Å²) in [5.74, 6) is -0.818. The summed E-state index contributed by atoms with van der Waals surface area (Å²) in [7, 11) is 0. The molecule has 5 rings (SSSR count). The number of oxime groups is 1. The van der Waals surface area contributed by atoms with Crippen molar-refractivity contribution in [3.63, 3.8) is 0 Å². The van der Waals surface area contributed by atoms with Gasteiger partial charge in [-0.15, -0.1) is 0 Å². The van der Waals surface area contributed by atoms with E-state index in [1.807, 2.05) is 68.4 Å². The van der Waals surface area contributed by atoms with Crippen LogP contribution in [0.3, 0.4) is 0 Å². The van der Waals surface area contributed by atoms with Crippen molar-refractivity contribution < 1.29 is 23.8 Å². The van der Waals surface area contributed by atoms with Crippen LogP contribution in [-0.2, 0) is 30.4 Å². The molecule has 0 aliphatic carbocycles. The third kappa shape index (κ3) is 3.86. The van der Waals surface area contributed by atoms with Gasteiger partial charge < -0.3 is 23.8 Å². The van der Waals surface area contributed by atoms with E-state index in [2.05, 4.69) is 5.16 Å². The van der Waals surface area contributed by atoms with Crippen molar-refractivity contribution in [3.05, 3.63) is 70.7 Å². The maximum atomic E-state index is 6.36. The molecule has 0 aromatic heterocycles. The Kier molecular flexibility index (Phi) is 5.29. The predicted octanol–water partition coefficient (Wildman–Crippen LogP) is 4.15. The van der Waals surface area contributed by atoms with Gasteiger partial charge in [-0.05, 0) is 37.1 Å². The minimum atomic E-state index is -0.714. The van der Waals surface area contributed by atoms with Crippen LogP contribution in [0.1, 0.15) is 25.0 Å². The second-order valence-electron chi connectivity index (χ2n) is 8.22. The number of nitrogens with zero attached hydrogens (tertiary/aromatic N) is 1. The first-order valence-electron chi connectivity index (χ1n) is 10.1. The highest BCUT2D eigenvalue weighted by Crippen LogP contribution is 2.42. The molecule has 3 aliphatic heterocycles. The first-order valence-corrected chi connectivity index (χ1v) is 10.5. The summed E-state index contributed by atoms with van der Waals surface area (Å²) < 4.78 is 24.8. The molecule has 0 amide bonds. The fourth-order valence-corrected chi connectivity index (χ4v) is 4.38. The molecule has 2 aromatic rings. The summed E-state index contributed by atoms with van der Waals surface area (Å²) in [6.07, 6.45) is -1.43. The quantitative estimate of drug-likeness (QED) is 0.714. The van der Waals surface area contributed by atoms with Crippen LogP contribution in [0, 0.1) is 5.92 Å². The van der Waals surface area contributed by atoms with E-state index in [4.69, 9.17) is 35.4 Å². The van der Waals surface area contributed by atoms with Crippen molar-refractivity contribution in [1.82, 2.24) is 0 Å². The Hall–Kier alpha value is -1.96. The maximum absolute atomic E-state index is 6.36. The van der Waals surface area contributed by atoms with Gasteiger partial charge in [-0.3, -0.25) is 0 Å². The Morgan fingerprint density at radius 1 is 1.03 bits per heavy atom. The standard InChI is InChI=1S/C23H24ClNO5/c1-23(2)29-21-20(26-12-14-6-4-3-5-7-14)19(28-22(21)30-23)17-13-27-25-18(17)15-8-10-16(24)11-9-15/h3-11,17,19-22H,12-13H2,1-2H3/t17-,19+,20-,21+,22?/m0/s1. The van der Waals surface area contributed by atoms with Gasteiger partial charge in [0.15, 0.2) is 12.1 Å². The molecule has 1 unspecified atom stereocenters. The Labute approximate surface area is 180 Å². The molecule has 30 heavy (non-hydrogen) atoms. The van der Waals surface area contributed by atoms with E-state index in [1.165, 1.54) is 0 Å². The molecule has 0 saturated carbocycles. The SMILES string of the molecule is CC1(C)OC2O[C@H]([C@H]3CON=C3c3ccc(Cl)cc3)[C@H](OCc3ccccc3)[C@H]2O1. The van der Waals surface area contributed by atoms with Crippen LogP contribution < -0.4 is 0 Å². The number of halogens is 1. The van der Waals surface area contributed by atoms with Crippen molar-refractivity contribution >= 4 is 17.3 Å². The monoisotopic (exact) mass is 429 g/mol. The maximum Gasteiger partial charge on any atom is 0.190 e. The fourth-order valence-electron chi connectivity index (χ4n) is 4.26. The summed E-state index contributed by atoms with van der Waals surface area (Å²) in [6.45, 7) is 4.64. The molecular formula is C23H24ClNO5. The highest BCUT2D eigenvalue weighted by Gasteiger charge is 2.58. The van der Waals surface area contributed by atoms with E-state index in [-0.39, 0.29) is 24.2 Å². The van der Waals surface area contributed by atoms with E-state index in [0.29, 0.717) is 18.2 Å². The van der Waals surface area contributed by atoms with E-state index < -0.39 is 12.1 Å². The van der Waals surface area contributed by atoms with Gasteiger partial charge in [-0.25, -0.2) is 0 Å². The van der Waals surface area contributed by atoms with Gasteiger partial charge >= 0.3 is 0 Å². The molecule has 2 saturated heterocycles. The number of ether oxygens (including phenoxy) is 4. The normalized spacial score (nSPS) is 32.0. The lowest BCUT2D eigenvalue weighted by Crippen LogP contribution is -2.43. The largest absolute Gasteiger partial charge is 0.395 e. The summed E-state index contributed by atoms with van der Waals surface area (Å²) in [5, 5.41) is 4.97. The molecular weight excluding hydrogens is 406 g/mol. The first-order chi connectivity index (χ1) is 14.5. The number of hydrogen-bond donors (Lipinski definition) is 0. The number of benzene rings is 2. The minimum Gasteiger partial charge on any atom is -0.395 e. The van der Waals surface area contributed by atoms with Crippen LogP contribution in [0.15, 0.2) is 59.8 Å². The van der Waals surface area contributed by atoms with E-state index in [9.17, 15) is 0 Å². The topological polar surface area (TPSA) is 58.5 Å². The first kappa shape index (κ1) is 20.0. The highest BCUT2D eigenvalue weighted by atomic mass is 35.5. The van der Waals surface area contributed by atoms with Gasteiger partial charge in [0.1, 0.15) is 24.9 Å². The second kappa shape index (κ2) is 7.94. The third-order valence-electron chi connectivity index (χ3n) is 5.62. The van der Waals surface area contributed by atoms with E-state index in [0.717, 1.165) is 16.8 Å². The molecule has 0 spiro atoms. The Bertz CT molecular complexity index is 917. The van der Waals surface area contributed by atoms with Crippen LogP contribution in [0.2, 0.25) is 5.02 Å². The van der Waals surface area contributed by atoms with Crippen molar-refractivity contribution in [1.29, 1.82) is 0 Å². The molecule has 5 atom stereocenters. The molecule has 6 nitrogen and oxygen atoms in total. The average molecular weight is 430 g/mol. The van der Waals surface area contributed by atoms with Gasteiger partial charge in [-0.1, -0.05) is 59.2 Å². The van der Waals surface area contributed by atoms with Crippen LogP contribution in [-0.4, -0.2) is 42.7 Å². The molecule has 2 aromatic carbocycles. The lowest BCUT2D eigenvalue weighted by Gasteiger charge is -2.29. The molecule has 0 N–H and O–H groups in total. The Balaban J connectivity index is 1.39. The van der Waals surface area contributed by atoms with Crippen molar-refractivity contribution in [2.45, 2.75) is 50.8 Å². The van der Waals surface area contributed by atoms with Crippen molar-refractivity contribution in [3.8, 4) is 0 Å². The number of fused-ring (bicyclic) bond motifs is 1. The number of hydrogen-bond acceptors (Lipinski definition) is 6. The van der Waals surface area contributed by atoms with Crippen LogP contribution in [0.4, 0.5) is 0 Å². The molecule has 0 radical (unpaired) electrons. The van der Waals surface area contributed by atoms with Gasteiger partial charge in [-0.2, -0.15) is 0 Å². The average Bonchev–Trinajstić information content (AvgIpc) is 3.40. The zero-order valence-electron chi connectivity index (χ0n) is 16.9. The smallest absolute Gasteiger partial charge is 0.190 e. The lowest BCUT2D eigenvalue weighted by molar-refractivity contribution is -0.223. The molecule has 3 aliphatic rings. The van der Waals surface area contributed by atoms with Crippen molar-refractivity contribution in [2.75, 3.05) is 6.61 Å². The molecule has 158 valence electrons. The van der Waals surface area contributed by atoms with Crippen LogP contribution in [0.5, 0.6) is 0 Å². The summed E-state index contributed by atoms with van der Waals surface area (Å²) >= 11 is 6.05. The fraction of sp³-hybridized carbons (Fsp3) is 0.435. The van der Waals surface area contributed by atoms with Gasteiger partial charge in [0.25, 0.3) is 0 Å². The molecule has 2 fully saturated rings. The summed E-state index contributed by atoms with van der Waals surface area (Å²) in [5.41, 5.74) is 2.86. The second-order valence-corrected chi connectivity index (χ2v) is 8.65. The minimum absolute atomic E-state index is 0.104. The van der Waals surface area contributed by atoms with Gasteiger partial charge in [0, 0.05) is 5.02 Å².